The van der Waals surface area contributed by atoms with Crippen LogP contribution in [0.4, 0.5) is 0 Å². The normalized spacial score (nSPS) is 17.7. The molecule has 2 rings (SSSR count). The second kappa shape index (κ2) is 3.18. The molecule has 0 aliphatic carbocycles. The molecule has 0 saturated carbocycles. The van der Waals surface area contributed by atoms with Crippen molar-refractivity contribution in [1.29, 1.82) is 0 Å². The van der Waals surface area contributed by atoms with E-state index >= 15 is 0 Å². The fourth-order valence-corrected chi connectivity index (χ4v) is 3.27. The van der Waals surface area contributed by atoms with Crippen molar-refractivity contribution in [2.45, 2.75) is 4.90 Å². The molecule has 1 aromatic carbocycles. The molecule has 0 saturated heterocycles. The van der Waals surface area contributed by atoms with Crippen LogP contribution in [0.15, 0.2) is 23.1 Å². The van der Waals surface area contributed by atoms with Crippen LogP contribution in [0.25, 0.3) is 0 Å². The molecule has 1 aromatic rings. The highest BCUT2D eigenvalue weighted by Gasteiger charge is 2.35. The summed E-state index contributed by atoms with van der Waals surface area (Å²) in [6.07, 6.45) is 0. The number of hydrogen-bond acceptors (Lipinski definition) is 4. The lowest BCUT2D eigenvalue weighted by molar-refractivity contribution is 0.414. The number of benzene rings is 1. The quantitative estimate of drug-likeness (QED) is 0.690. The number of ether oxygens (including phenoxy) is 1. The van der Waals surface area contributed by atoms with E-state index in [1.165, 1.54) is 20.2 Å². The monoisotopic (exact) mass is 243 g/mol. The summed E-state index contributed by atoms with van der Waals surface area (Å²) in [5.74, 6) is 0.599. The van der Waals surface area contributed by atoms with Crippen LogP contribution in [0.1, 0.15) is 5.56 Å². The summed E-state index contributed by atoms with van der Waals surface area (Å²) < 4.78 is 29.7. The van der Waals surface area contributed by atoms with Gasteiger partial charge in [0.25, 0.3) is 10.0 Å². The molecule has 6 heteroatoms. The Kier molecular flexibility index (Phi) is 2.20. The number of nitrogens with zero attached hydrogens (tertiary/aromatic N) is 1. The van der Waals surface area contributed by atoms with Crippen LogP contribution in [-0.4, -0.2) is 31.9 Å². The number of methoxy groups -OCH3 is 1. The second-order valence-corrected chi connectivity index (χ2v) is 5.46. The summed E-state index contributed by atoms with van der Waals surface area (Å²) in [5, 5.41) is 0. The lowest BCUT2D eigenvalue weighted by atomic mass is 10.2. The van der Waals surface area contributed by atoms with Gasteiger partial charge in [-0.3, -0.25) is 4.31 Å². The van der Waals surface area contributed by atoms with E-state index < -0.39 is 10.0 Å². The second-order valence-electron chi connectivity index (χ2n) is 3.14. The molecular weight excluding hydrogens is 234 g/mol. The predicted octanol–water partition coefficient (Wildman–Crippen LogP) is 1.00. The van der Waals surface area contributed by atoms with Gasteiger partial charge in [0.05, 0.1) is 12.0 Å². The van der Waals surface area contributed by atoms with Crippen molar-refractivity contribution >= 4 is 27.2 Å². The van der Waals surface area contributed by atoms with Crippen LogP contribution in [0.2, 0.25) is 0 Å². The third-order valence-electron chi connectivity index (χ3n) is 2.34. The van der Waals surface area contributed by atoms with Crippen LogP contribution in [-0.2, 0) is 10.0 Å². The molecule has 0 unspecified atom stereocenters. The minimum absolute atomic E-state index is 0.246. The van der Waals surface area contributed by atoms with Crippen LogP contribution in [0.3, 0.4) is 0 Å². The van der Waals surface area contributed by atoms with Gasteiger partial charge in [0.15, 0.2) is 0 Å². The largest absolute Gasteiger partial charge is 0.497 e. The molecule has 80 valence electrons. The van der Waals surface area contributed by atoms with Gasteiger partial charge in [0, 0.05) is 12.6 Å². The van der Waals surface area contributed by atoms with E-state index in [9.17, 15) is 8.42 Å². The highest BCUT2D eigenvalue weighted by Crippen LogP contribution is 2.32. The Bertz CT molecular complexity index is 536. The maximum absolute atomic E-state index is 11.8. The van der Waals surface area contributed by atoms with E-state index in [1.54, 1.807) is 12.1 Å². The molecule has 1 aliphatic rings. The summed E-state index contributed by atoms with van der Waals surface area (Å²) in [5.41, 5.74) is 0.534. The third-order valence-corrected chi connectivity index (χ3v) is 4.77. The van der Waals surface area contributed by atoms with Crippen molar-refractivity contribution in [3.05, 3.63) is 23.8 Å². The summed E-state index contributed by atoms with van der Waals surface area (Å²) >= 11 is 5.04. The van der Waals surface area contributed by atoms with Gasteiger partial charge in [-0.1, -0.05) is 12.2 Å². The van der Waals surface area contributed by atoms with E-state index in [4.69, 9.17) is 17.0 Å². The number of hydrogen-bond donors (Lipinski definition) is 0. The molecule has 0 fully saturated rings. The van der Waals surface area contributed by atoms with Crippen LogP contribution < -0.4 is 4.74 Å². The van der Waals surface area contributed by atoms with Crippen molar-refractivity contribution < 1.29 is 13.2 Å². The van der Waals surface area contributed by atoms with E-state index in [1.807, 2.05) is 0 Å². The maximum Gasteiger partial charge on any atom is 0.265 e. The number of fused-ring (bicyclic) bond motifs is 1. The Balaban J connectivity index is 2.72. The fraction of sp³-hybridized carbons (Fsp3) is 0.222. The van der Waals surface area contributed by atoms with Gasteiger partial charge in [-0.05, 0) is 18.2 Å². The van der Waals surface area contributed by atoms with E-state index in [2.05, 4.69) is 0 Å². The van der Waals surface area contributed by atoms with Crippen molar-refractivity contribution in [2.75, 3.05) is 14.2 Å². The lowest BCUT2D eigenvalue weighted by Gasteiger charge is -2.08. The Morgan fingerprint density at radius 2 is 2.07 bits per heavy atom. The highest BCUT2D eigenvalue weighted by atomic mass is 32.2. The van der Waals surface area contributed by atoms with Gasteiger partial charge in [-0.25, -0.2) is 8.42 Å². The minimum Gasteiger partial charge on any atom is -0.497 e. The van der Waals surface area contributed by atoms with Gasteiger partial charge in [0.2, 0.25) is 0 Å². The van der Waals surface area contributed by atoms with Crippen LogP contribution in [0, 0.1) is 0 Å². The Labute approximate surface area is 93.5 Å². The van der Waals surface area contributed by atoms with Gasteiger partial charge in [-0.2, -0.15) is 0 Å². The smallest absolute Gasteiger partial charge is 0.265 e. The molecular formula is C9H9NO3S2. The summed E-state index contributed by atoms with van der Waals surface area (Å²) in [4.78, 5) is 0.555. The average Bonchev–Trinajstić information content (AvgIpc) is 2.40. The van der Waals surface area contributed by atoms with Gasteiger partial charge in [-0.15, -0.1) is 0 Å². The molecule has 0 bridgehead atoms. The first-order valence-corrected chi connectivity index (χ1v) is 6.04. The molecule has 0 radical (unpaired) electrons. The first kappa shape index (κ1) is 10.4. The molecule has 0 atom stereocenters. The zero-order valence-corrected chi connectivity index (χ0v) is 9.85. The van der Waals surface area contributed by atoms with Crippen molar-refractivity contribution in [1.82, 2.24) is 4.31 Å². The van der Waals surface area contributed by atoms with Crippen LogP contribution >= 0.6 is 12.2 Å². The van der Waals surface area contributed by atoms with E-state index in [0.29, 0.717) is 16.3 Å². The van der Waals surface area contributed by atoms with E-state index in [0.717, 1.165) is 4.31 Å². The molecule has 4 nitrogen and oxygen atoms in total. The SMILES string of the molecule is COc1ccc2c(c1)C(=S)N(C)S2(=O)=O. The zero-order chi connectivity index (χ0) is 11.2. The predicted molar refractivity (Wildman–Crippen MR) is 59.6 cm³/mol. The molecule has 0 aromatic heterocycles. The summed E-state index contributed by atoms with van der Waals surface area (Å²) in [7, 11) is -0.448. The van der Waals surface area contributed by atoms with Gasteiger partial charge in [0.1, 0.15) is 10.7 Å². The molecule has 15 heavy (non-hydrogen) atoms. The minimum atomic E-state index is -3.42. The molecule has 1 heterocycles. The number of rotatable bonds is 1. The molecule has 0 spiro atoms. The number of thiocarbonyl (C=S) groups is 1. The zero-order valence-electron chi connectivity index (χ0n) is 8.22. The first-order chi connectivity index (χ1) is 6.98. The Morgan fingerprint density at radius 3 is 2.67 bits per heavy atom. The van der Waals surface area contributed by atoms with E-state index in [-0.39, 0.29) is 4.90 Å². The third kappa shape index (κ3) is 1.32. The number of sulfonamides is 1. The fourth-order valence-electron chi connectivity index (χ4n) is 1.45. The maximum atomic E-state index is 11.8. The first-order valence-electron chi connectivity index (χ1n) is 4.20. The molecule has 0 amide bonds. The van der Waals surface area contributed by atoms with Gasteiger partial charge >= 0.3 is 0 Å². The average molecular weight is 243 g/mol. The molecule has 1 aliphatic heterocycles. The van der Waals surface area contributed by atoms with Crippen LogP contribution in [0.5, 0.6) is 5.75 Å². The Morgan fingerprint density at radius 1 is 1.40 bits per heavy atom. The Hall–Kier alpha value is -1.14. The molecule has 0 N–H and O–H groups in total. The van der Waals surface area contributed by atoms with Crippen molar-refractivity contribution in [3.8, 4) is 5.75 Å². The summed E-state index contributed by atoms with van der Waals surface area (Å²) in [6, 6.07) is 4.76. The topological polar surface area (TPSA) is 46.6 Å². The summed E-state index contributed by atoms with van der Waals surface area (Å²) in [6.45, 7) is 0. The van der Waals surface area contributed by atoms with Crippen molar-refractivity contribution in [3.63, 3.8) is 0 Å². The lowest BCUT2D eigenvalue weighted by Crippen LogP contribution is -2.24. The standard InChI is InChI=1S/C9H9NO3S2/c1-10-9(14)7-5-6(13-2)3-4-8(7)15(10,11)12/h3-5H,1-2H3. The van der Waals surface area contributed by atoms with Gasteiger partial charge < -0.3 is 4.74 Å². The highest BCUT2D eigenvalue weighted by molar-refractivity contribution is 7.92. The van der Waals surface area contributed by atoms with Crippen molar-refractivity contribution in [2.24, 2.45) is 0 Å².